The first-order valence-corrected chi connectivity index (χ1v) is 12.0. The second-order valence-electron chi connectivity index (χ2n) is 7.29. The van der Waals surface area contributed by atoms with Gasteiger partial charge in [-0.1, -0.05) is 29.3 Å². The third-order valence-corrected chi connectivity index (χ3v) is 7.59. The van der Waals surface area contributed by atoms with E-state index in [1.165, 1.54) is 5.69 Å². The van der Waals surface area contributed by atoms with E-state index in [0.29, 0.717) is 23.0 Å². The normalized spacial score (nSPS) is 15.8. The highest BCUT2D eigenvalue weighted by Crippen LogP contribution is 2.30. The largest absolute Gasteiger partial charge is 0.593 e. The summed E-state index contributed by atoms with van der Waals surface area (Å²) in [5.74, 6) is -0.0588. The number of carbonyl (C=O) groups excluding carboxylic acids is 1. The fraction of sp³-hybridized carbons (Fsp3) is 0.429. The van der Waals surface area contributed by atoms with Crippen LogP contribution in [0.3, 0.4) is 0 Å². The molecule has 0 aliphatic carbocycles. The second-order valence-corrected chi connectivity index (χ2v) is 9.63. The monoisotopic (exact) mass is 483 g/mol. The zero-order valence-electron chi connectivity index (χ0n) is 17.5. The van der Waals surface area contributed by atoms with E-state index in [1.54, 1.807) is 29.6 Å². The minimum absolute atomic E-state index is 0.0588. The molecule has 0 bridgehead atoms. The van der Waals surface area contributed by atoms with Gasteiger partial charge in [-0.2, -0.15) is 0 Å². The fourth-order valence-corrected chi connectivity index (χ4v) is 4.96. The van der Waals surface area contributed by atoms with Gasteiger partial charge in [-0.05, 0) is 24.3 Å². The highest BCUT2D eigenvalue weighted by molar-refractivity contribution is 7.89. The van der Waals surface area contributed by atoms with Crippen molar-refractivity contribution in [2.75, 3.05) is 57.8 Å². The fourth-order valence-electron chi connectivity index (χ4n) is 3.36. The molecular formula is C21H27Cl2N5O2S. The number of rotatable bonds is 9. The topological polar surface area (TPSA) is 74.8 Å². The van der Waals surface area contributed by atoms with Crippen LogP contribution in [0.4, 0.5) is 5.69 Å². The van der Waals surface area contributed by atoms with Crippen LogP contribution in [0.5, 0.6) is 0 Å². The van der Waals surface area contributed by atoms with E-state index in [0.717, 1.165) is 32.7 Å². The number of carbonyl (C=O) groups is 1. The number of halogens is 2. The first kappa shape index (κ1) is 24.1. The van der Waals surface area contributed by atoms with Gasteiger partial charge in [0.05, 0.1) is 22.9 Å². The molecule has 1 aliphatic heterocycles. The maximum atomic E-state index is 12.6. The van der Waals surface area contributed by atoms with Crippen molar-refractivity contribution in [3.05, 3.63) is 52.8 Å². The molecule has 1 N–H and O–H groups in total. The number of nitrogens with one attached hydrogen (secondary N) is 1. The van der Waals surface area contributed by atoms with Crippen LogP contribution in [-0.4, -0.2) is 77.5 Å². The first-order valence-electron chi connectivity index (χ1n) is 10.2. The maximum absolute atomic E-state index is 12.6. The van der Waals surface area contributed by atoms with E-state index in [-0.39, 0.29) is 17.4 Å². The van der Waals surface area contributed by atoms with Gasteiger partial charge in [-0.15, -0.1) is 4.31 Å². The molecule has 3 rings (SSSR count). The number of hydrogen-bond donors (Lipinski definition) is 1. The Labute approximate surface area is 196 Å². The molecule has 0 spiro atoms. The molecular weight excluding hydrogens is 457 g/mol. The molecule has 1 amide bonds. The number of amides is 1. The van der Waals surface area contributed by atoms with Gasteiger partial charge < -0.3 is 14.8 Å². The Kier molecular flexibility index (Phi) is 9.25. The van der Waals surface area contributed by atoms with Crippen LogP contribution in [-0.2, 0) is 16.2 Å². The van der Waals surface area contributed by atoms with E-state index in [4.69, 9.17) is 23.2 Å². The molecule has 1 fully saturated rings. The Balaban J connectivity index is 1.33. The zero-order chi connectivity index (χ0) is 22.2. The van der Waals surface area contributed by atoms with Gasteiger partial charge in [-0.25, -0.2) is 0 Å². The smallest absolute Gasteiger partial charge is 0.221 e. The van der Waals surface area contributed by atoms with Gasteiger partial charge in [0, 0.05) is 70.8 Å². The minimum Gasteiger partial charge on any atom is -0.593 e. The molecule has 31 heavy (non-hydrogen) atoms. The predicted octanol–water partition coefficient (Wildman–Crippen LogP) is 2.67. The lowest BCUT2D eigenvalue weighted by Gasteiger charge is -2.36. The first-order chi connectivity index (χ1) is 15.0. The quantitative estimate of drug-likeness (QED) is 0.552. The van der Waals surface area contributed by atoms with Crippen LogP contribution >= 0.6 is 23.2 Å². The average molecular weight is 484 g/mol. The Morgan fingerprint density at radius 1 is 1.19 bits per heavy atom. The number of aromatic nitrogens is 1. The summed E-state index contributed by atoms with van der Waals surface area (Å²) < 4.78 is 14.2. The molecule has 0 saturated carbocycles. The van der Waals surface area contributed by atoms with Gasteiger partial charge in [0.15, 0.2) is 4.90 Å². The third kappa shape index (κ3) is 6.97. The zero-order valence-corrected chi connectivity index (χ0v) is 19.8. The summed E-state index contributed by atoms with van der Waals surface area (Å²) >= 11 is 10.7. The van der Waals surface area contributed by atoms with Crippen LogP contribution in [0.15, 0.2) is 47.6 Å². The molecule has 168 valence electrons. The Hall–Kier alpha value is -1.55. The van der Waals surface area contributed by atoms with Gasteiger partial charge >= 0.3 is 0 Å². The van der Waals surface area contributed by atoms with Gasteiger partial charge in [0.2, 0.25) is 5.91 Å². The summed E-state index contributed by atoms with van der Waals surface area (Å²) in [6.07, 6.45) is 3.89. The molecule has 2 aromatic rings. The van der Waals surface area contributed by atoms with Crippen molar-refractivity contribution in [3.8, 4) is 0 Å². The van der Waals surface area contributed by atoms with E-state index in [2.05, 4.69) is 20.1 Å². The highest BCUT2D eigenvalue weighted by Gasteiger charge is 2.23. The molecule has 1 saturated heterocycles. The molecule has 2 heterocycles. The average Bonchev–Trinajstić information content (AvgIpc) is 2.80. The van der Waals surface area contributed by atoms with Crippen molar-refractivity contribution >= 4 is 46.2 Å². The van der Waals surface area contributed by atoms with E-state index in [9.17, 15) is 9.35 Å². The van der Waals surface area contributed by atoms with Gasteiger partial charge in [0.1, 0.15) is 5.02 Å². The van der Waals surface area contributed by atoms with Crippen molar-refractivity contribution in [2.45, 2.75) is 11.3 Å². The Morgan fingerprint density at radius 3 is 2.61 bits per heavy atom. The van der Waals surface area contributed by atoms with Crippen molar-refractivity contribution < 1.29 is 9.35 Å². The number of hydrogen-bond acceptors (Lipinski definition) is 6. The van der Waals surface area contributed by atoms with Gasteiger partial charge in [0.25, 0.3) is 0 Å². The van der Waals surface area contributed by atoms with Crippen molar-refractivity contribution in [1.82, 2.24) is 19.5 Å². The summed E-state index contributed by atoms with van der Waals surface area (Å²) in [5, 5.41) is 3.59. The summed E-state index contributed by atoms with van der Waals surface area (Å²) in [7, 11) is 1.70. The Bertz CT molecular complexity index is 853. The van der Waals surface area contributed by atoms with Crippen LogP contribution in [0.25, 0.3) is 0 Å². The van der Waals surface area contributed by atoms with E-state index >= 15 is 0 Å². The SMILES string of the molecule is CN(CCC(=O)NCCN1CCN(c2ccncc2)CC1)[S+]([O-])c1cccc(Cl)c1Cl. The highest BCUT2D eigenvalue weighted by atomic mass is 35.5. The van der Waals surface area contributed by atoms with Crippen LogP contribution < -0.4 is 10.2 Å². The maximum Gasteiger partial charge on any atom is 0.221 e. The van der Waals surface area contributed by atoms with Crippen LogP contribution in [0.1, 0.15) is 6.42 Å². The Morgan fingerprint density at radius 2 is 1.90 bits per heavy atom. The number of piperazine rings is 1. The molecule has 7 nitrogen and oxygen atoms in total. The molecule has 1 aliphatic rings. The predicted molar refractivity (Wildman–Crippen MR) is 126 cm³/mol. The number of anilines is 1. The molecule has 1 aromatic carbocycles. The summed E-state index contributed by atoms with van der Waals surface area (Å²) in [4.78, 5) is 21.4. The number of benzene rings is 1. The molecule has 10 heteroatoms. The van der Waals surface area contributed by atoms with Crippen LogP contribution in [0.2, 0.25) is 10.0 Å². The molecule has 0 radical (unpaired) electrons. The van der Waals surface area contributed by atoms with Gasteiger partial charge in [-0.3, -0.25) is 14.7 Å². The lowest BCUT2D eigenvalue weighted by Crippen LogP contribution is -2.48. The summed E-state index contributed by atoms with van der Waals surface area (Å²) in [6, 6.07) is 9.09. The summed E-state index contributed by atoms with van der Waals surface area (Å²) in [5.41, 5.74) is 1.20. The van der Waals surface area contributed by atoms with E-state index in [1.807, 2.05) is 24.5 Å². The van der Waals surface area contributed by atoms with Crippen LogP contribution in [0, 0.1) is 0 Å². The van der Waals surface area contributed by atoms with E-state index < -0.39 is 11.4 Å². The lowest BCUT2D eigenvalue weighted by atomic mass is 10.2. The van der Waals surface area contributed by atoms with Crippen molar-refractivity contribution in [3.63, 3.8) is 0 Å². The van der Waals surface area contributed by atoms with Crippen molar-refractivity contribution in [1.29, 1.82) is 0 Å². The second kappa shape index (κ2) is 11.9. The standard InChI is InChI=1S/C21H27Cl2N5O2S/c1-26(31(30)19-4-2-3-18(22)21(19)23)11-7-20(29)25-10-12-27-13-15-28(16-14-27)17-5-8-24-9-6-17/h2-6,8-9H,7,10-16H2,1H3,(H,25,29). The number of pyridine rings is 1. The molecule has 1 aromatic heterocycles. The third-order valence-electron chi connectivity index (χ3n) is 5.19. The number of nitrogens with zero attached hydrogens (tertiary/aromatic N) is 4. The molecule has 1 unspecified atom stereocenters. The molecule has 1 atom stereocenters. The minimum atomic E-state index is -1.48. The lowest BCUT2D eigenvalue weighted by molar-refractivity contribution is -0.121. The van der Waals surface area contributed by atoms with Crippen molar-refractivity contribution in [2.24, 2.45) is 0 Å². The summed E-state index contributed by atoms with van der Waals surface area (Å²) in [6.45, 7) is 5.60.